The minimum Gasteiger partial charge on any atom is -0.481 e. The van der Waals surface area contributed by atoms with Crippen LogP contribution in [0.5, 0.6) is 0 Å². The number of piperidine rings is 1. The molecule has 1 rings (SSSR count). The molecule has 1 heterocycles. The molecule has 1 fully saturated rings. The van der Waals surface area contributed by atoms with Gasteiger partial charge in [-0.1, -0.05) is 6.92 Å². The molecule has 19 heavy (non-hydrogen) atoms. The molecule has 0 aliphatic carbocycles. The van der Waals surface area contributed by atoms with E-state index in [0.29, 0.717) is 25.2 Å². The minimum absolute atomic E-state index is 0.0586. The first-order valence-electron chi connectivity index (χ1n) is 7.32. The average molecular weight is 270 g/mol. The number of unbranched alkanes of at least 4 members (excludes halogenated alkanes) is 1. The highest BCUT2D eigenvalue weighted by atomic mass is 16.4. The number of carboxylic acids is 1. The van der Waals surface area contributed by atoms with E-state index in [9.17, 15) is 9.59 Å². The van der Waals surface area contributed by atoms with Gasteiger partial charge in [-0.15, -0.1) is 0 Å². The van der Waals surface area contributed by atoms with Crippen molar-refractivity contribution in [2.45, 2.75) is 45.4 Å². The van der Waals surface area contributed by atoms with Crippen LogP contribution in [0, 0.1) is 5.92 Å². The van der Waals surface area contributed by atoms with E-state index < -0.39 is 5.97 Å². The molecule has 0 bridgehead atoms. The summed E-state index contributed by atoms with van der Waals surface area (Å²) in [6.07, 6.45) is 4.16. The fourth-order valence-electron chi connectivity index (χ4n) is 2.42. The van der Waals surface area contributed by atoms with Crippen LogP contribution in [0.25, 0.3) is 0 Å². The van der Waals surface area contributed by atoms with E-state index in [1.807, 2.05) is 0 Å². The van der Waals surface area contributed by atoms with Crippen molar-refractivity contribution in [1.29, 1.82) is 0 Å². The molecule has 0 unspecified atom stereocenters. The fourth-order valence-corrected chi connectivity index (χ4v) is 2.42. The number of carbonyl (C=O) groups is 2. The predicted octanol–water partition coefficient (Wildman–Crippen LogP) is 1.48. The van der Waals surface area contributed by atoms with Crippen molar-refractivity contribution in [3.8, 4) is 0 Å². The fraction of sp³-hybridized carbons (Fsp3) is 0.857. The number of nitrogens with one attached hydrogen (secondary N) is 1. The first kappa shape index (κ1) is 16.0. The van der Waals surface area contributed by atoms with Gasteiger partial charge in [0.2, 0.25) is 5.91 Å². The third kappa shape index (κ3) is 7.15. The van der Waals surface area contributed by atoms with Crippen LogP contribution >= 0.6 is 0 Å². The molecule has 0 saturated carbocycles. The summed E-state index contributed by atoms with van der Waals surface area (Å²) in [5, 5.41) is 11.5. The van der Waals surface area contributed by atoms with Crippen molar-refractivity contribution in [2.24, 2.45) is 5.92 Å². The number of nitrogens with zero attached hydrogens (tertiary/aromatic N) is 1. The van der Waals surface area contributed by atoms with Crippen LogP contribution < -0.4 is 5.32 Å². The van der Waals surface area contributed by atoms with Gasteiger partial charge in [0, 0.05) is 19.4 Å². The lowest BCUT2D eigenvalue weighted by Crippen LogP contribution is -2.38. The lowest BCUT2D eigenvalue weighted by Gasteiger charge is -2.31. The van der Waals surface area contributed by atoms with Crippen molar-refractivity contribution in [2.75, 3.05) is 26.2 Å². The molecule has 1 saturated heterocycles. The molecular weight excluding hydrogens is 244 g/mol. The van der Waals surface area contributed by atoms with Gasteiger partial charge in [0.05, 0.1) is 0 Å². The average Bonchev–Trinajstić information content (AvgIpc) is 2.41. The maximum absolute atomic E-state index is 11.6. The summed E-state index contributed by atoms with van der Waals surface area (Å²) in [4.78, 5) is 24.3. The first-order chi connectivity index (χ1) is 9.11. The number of amides is 1. The lowest BCUT2D eigenvalue weighted by molar-refractivity contribution is -0.137. The molecule has 0 aromatic carbocycles. The lowest BCUT2D eigenvalue weighted by atomic mass is 9.97. The molecule has 2 N–H and O–H groups in total. The topological polar surface area (TPSA) is 69.6 Å². The molecule has 0 spiro atoms. The number of carbonyl (C=O) groups excluding carboxylic acids is 1. The summed E-state index contributed by atoms with van der Waals surface area (Å²) in [6.45, 7) is 6.34. The number of hydrogen-bond acceptors (Lipinski definition) is 3. The zero-order valence-corrected chi connectivity index (χ0v) is 11.9. The van der Waals surface area contributed by atoms with E-state index in [2.05, 4.69) is 17.1 Å². The van der Waals surface area contributed by atoms with Crippen molar-refractivity contribution < 1.29 is 14.7 Å². The van der Waals surface area contributed by atoms with Crippen LogP contribution in [0.4, 0.5) is 0 Å². The second-order valence-electron chi connectivity index (χ2n) is 5.28. The van der Waals surface area contributed by atoms with Gasteiger partial charge >= 0.3 is 5.97 Å². The second kappa shape index (κ2) is 8.91. The van der Waals surface area contributed by atoms with Crippen molar-refractivity contribution in [3.05, 3.63) is 0 Å². The SMILES string of the molecule is CCN1CCC(CNC(=O)CCCCC(=O)O)CC1. The number of rotatable bonds is 8. The third-order valence-corrected chi connectivity index (χ3v) is 3.79. The molecule has 0 aromatic rings. The minimum atomic E-state index is -0.789. The van der Waals surface area contributed by atoms with E-state index in [0.717, 1.165) is 39.0 Å². The van der Waals surface area contributed by atoms with Gasteiger partial charge in [-0.2, -0.15) is 0 Å². The Kier molecular flexibility index (Phi) is 7.48. The summed E-state index contributed by atoms with van der Waals surface area (Å²) in [5.74, 6) is -0.128. The molecule has 5 heteroatoms. The molecule has 110 valence electrons. The quantitative estimate of drug-likeness (QED) is 0.655. The molecular formula is C14H26N2O3. The maximum atomic E-state index is 11.6. The molecule has 0 atom stereocenters. The second-order valence-corrected chi connectivity index (χ2v) is 5.28. The monoisotopic (exact) mass is 270 g/mol. The van der Waals surface area contributed by atoms with Gasteiger partial charge < -0.3 is 15.3 Å². The Bertz CT molecular complexity index is 286. The van der Waals surface area contributed by atoms with Crippen molar-refractivity contribution in [3.63, 3.8) is 0 Å². The molecule has 0 radical (unpaired) electrons. The smallest absolute Gasteiger partial charge is 0.303 e. The predicted molar refractivity (Wildman–Crippen MR) is 74.0 cm³/mol. The molecule has 1 aliphatic rings. The van der Waals surface area contributed by atoms with Crippen LogP contribution in [0.1, 0.15) is 45.4 Å². The highest BCUT2D eigenvalue weighted by Gasteiger charge is 2.18. The van der Waals surface area contributed by atoms with Crippen LogP contribution in [0.2, 0.25) is 0 Å². The number of likely N-dealkylation sites (tertiary alicyclic amines) is 1. The normalized spacial score (nSPS) is 17.3. The summed E-state index contributed by atoms with van der Waals surface area (Å²) in [5.41, 5.74) is 0. The molecule has 0 aromatic heterocycles. The summed E-state index contributed by atoms with van der Waals surface area (Å²) in [6, 6.07) is 0. The third-order valence-electron chi connectivity index (χ3n) is 3.79. The van der Waals surface area contributed by atoms with E-state index >= 15 is 0 Å². The Labute approximate surface area is 115 Å². The standard InChI is InChI=1S/C14H26N2O3/c1-2-16-9-7-12(8-10-16)11-15-13(17)5-3-4-6-14(18)19/h12H,2-11H2,1H3,(H,15,17)(H,18,19). The Balaban J connectivity index is 2.02. The van der Waals surface area contributed by atoms with E-state index in [-0.39, 0.29) is 12.3 Å². The largest absolute Gasteiger partial charge is 0.481 e. The summed E-state index contributed by atoms with van der Waals surface area (Å²) >= 11 is 0. The van der Waals surface area contributed by atoms with Crippen molar-refractivity contribution in [1.82, 2.24) is 10.2 Å². The molecule has 1 aliphatic heterocycles. The van der Waals surface area contributed by atoms with Gasteiger partial charge in [0.1, 0.15) is 0 Å². The Morgan fingerprint density at radius 3 is 2.42 bits per heavy atom. The van der Waals surface area contributed by atoms with E-state index in [1.165, 1.54) is 0 Å². The van der Waals surface area contributed by atoms with E-state index in [1.54, 1.807) is 0 Å². The van der Waals surface area contributed by atoms with Crippen LogP contribution in [0.15, 0.2) is 0 Å². The zero-order valence-electron chi connectivity index (χ0n) is 11.9. The van der Waals surface area contributed by atoms with Crippen LogP contribution in [0.3, 0.4) is 0 Å². The highest BCUT2D eigenvalue weighted by molar-refractivity contribution is 5.75. The highest BCUT2D eigenvalue weighted by Crippen LogP contribution is 2.15. The summed E-state index contributed by atoms with van der Waals surface area (Å²) in [7, 11) is 0. The molecule has 1 amide bonds. The van der Waals surface area contributed by atoms with Gasteiger partial charge in [0.15, 0.2) is 0 Å². The van der Waals surface area contributed by atoms with Gasteiger partial charge in [0.25, 0.3) is 0 Å². The number of carboxylic acid groups (broad SMARTS) is 1. The number of hydrogen-bond donors (Lipinski definition) is 2. The number of aliphatic carboxylic acids is 1. The van der Waals surface area contributed by atoms with E-state index in [4.69, 9.17) is 5.11 Å². The van der Waals surface area contributed by atoms with Crippen molar-refractivity contribution >= 4 is 11.9 Å². The summed E-state index contributed by atoms with van der Waals surface area (Å²) < 4.78 is 0. The maximum Gasteiger partial charge on any atom is 0.303 e. The Hall–Kier alpha value is -1.10. The van der Waals surface area contributed by atoms with Gasteiger partial charge in [-0.25, -0.2) is 0 Å². The Morgan fingerprint density at radius 2 is 1.84 bits per heavy atom. The Morgan fingerprint density at radius 1 is 1.21 bits per heavy atom. The first-order valence-corrected chi connectivity index (χ1v) is 7.32. The van der Waals surface area contributed by atoms with Crippen LogP contribution in [-0.4, -0.2) is 48.1 Å². The molecule has 5 nitrogen and oxygen atoms in total. The van der Waals surface area contributed by atoms with Crippen LogP contribution in [-0.2, 0) is 9.59 Å². The van der Waals surface area contributed by atoms with Gasteiger partial charge in [-0.05, 0) is 51.2 Å². The van der Waals surface area contributed by atoms with Gasteiger partial charge in [-0.3, -0.25) is 9.59 Å². The zero-order chi connectivity index (χ0) is 14.1.